The van der Waals surface area contributed by atoms with E-state index in [9.17, 15) is 5.11 Å². The number of hydrogen-bond acceptors (Lipinski definition) is 4. The molecule has 3 nitrogen and oxygen atoms in total. The van der Waals surface area contributed by atoms with Gasteiger partial charge >= 0.3 is 0 Å². The van der Waals surface area contributed by atoms with Crippen molar-refractivity contribution in [2.45, 2.75) is 37.8 Å². The second-order valence-corrected chi connectivity index (χ2v) is 7.78. The van der Waals surface area contributed by atoms with Crippen molar-refractivity contribution in [1.29, 1.82) is 0 Å². The van der Waals surface area contributed by atoms with Crippen molar-refractivity contribution in [3.63, 3.8) is 0 Å². The minimum atomic E-state index is -0.537. The van der Waals surface area contributed by atoms with Gasteiger partial charge in [0.05, 0.1) is 0 Å². The van der Waals surface area contributed by atoms with Crippen LogP contribution < -0.4 is 10.1 Å². The number of thiophene rings is 1. The molecule has 1 heterocycles. The summed E-state index contributed by atoms with van der Waals surface area (Å²) < 4.78 is 5.63. The van der Waals surface area contributed by atoms with Gasteiger partial charge in [-0.3, -0.25) is 0 Å². The summed E-state index contributed by atoms with van der Waals surface area (Å²) in [5.41, 5.74) is 0. The van der Waals surface area contributed by atoms with Crippen molar-refractivity contribution in [3.8, 4) is 5.75 Å². The van der Waals surface area contributed by atoms with Crippen LogP contribution in [0.15, 0.2) is 41.8 Å². The topological polar surface area (TPSA) is 41.5 Å². The first-order valence-electron chi connectivity index (χ1n) is 8.55. The molecule has 0 bridgehead atoms. The van der Waals surface area contributed by atoms with Crippen LogP contribution in [0.2, 0.25) is 5.02 Å². The molecule has 0 aliphatic heterocycles. The molecule has 2 N–H and O–H groups in total. The smallest absolute Gasteiger partial charge is 0.119 e. The molecule has 1 aromatic carbocycles. The Bertz CT molecular complexity index is 600. The first kappa shape index (κ1) is 20.5. The van der Waals surface area contributed by atoms with Gasteiger partial charge in [0.1, 0.15) is 18.5 Å². The molecule has 1 fully saturated rings. The molecule has 2 aromatic rings. The minimum Gasteiger partial charge on any atom is -0.491 e. The zero-order valence-corrected chi connectivity index (χ0v) is 16.5. The first-order chi connectivity index (χ1) is 11.7. The monoisotopic (exact) mass is 401 g/mol. The molecule has 6 heteroatoms. The summed E-state index contributed by atoms with van der Waals surface area (Å²) in [6, 6.07) is 11.8. The number of rotatable bonds is 8. The quantitative estimate of drug-likeness (QED) is 0.647. The number of benzene rings is 1. The van der Waals surface area contributed by atoms with Crippen LogP contribution in [0.1, 0.15) is 36.6 Å². The third-order valence-electron chi connectivity index (χ3n) is 4.55. The van der Waals surface area contributed by atoms with E-state index < -0.39 is 6.10 Å². The van der Waals surface area contributed by atoms with Gasteiger partial charge in [0.15, 0.2) is 0 Å². The van der Waals surface area contributed by atoms with Gasteiger partial charge in [-0.25, -0.2) is 0 Å². The normalized spacial score (nSPS) is 17.0. The van der Waals surface area contributed by atoms with E-state index in [-0.39, 0.29) is 19.0 Å². The van der Waals surface area contributed by atoms with Crippen molar-refractivity contribution in [2.75, 3.05) is 13.2 Å². The predicted octanol–water partition coefficient (Wildman–Crippen LogP) is 5.08. The van der Waals surface area contributed by atoms with E-state index in [1.54, 1.807) is 23.5 Å². The SMILES string of the molecule is Cl.OC(CNC(c1cccs1)C1CCCC1)COc1ccc(Cl)cc1. The zero-order chi connectivity index (χ0) is 16.8. The Labute approximate surface area is 164 Å². The average molecular weight is 402 g/mol. The summed E-state index contributed by atoms with van der Waals surface area (Å²) in [5.74, 6) is 1.40. The molecule has 1 aromatic heterocycles. The molecular formula is C19H25Cl2NO2S. The lowest BCUT2D eigenvalue weighted by Gasteiger charge is -2.25. The van der Waals surface area contributed by atoms with E-state index in [1.807, 2.05) is 12.1 Å². The number of aliphatic hydroxyl groups excluding tert-OH is 1. The van der Waals surface area contributed by atoms with Crippen molar-refractivity contribution in [3.05, 3.63) is 51.7 Å². The summed E-state index contributed by atoms with van der Waals surface area (Å²) in [6.45, 7) is 0.809. The van der Waals surface area contributed by atoms with Gasteiger partial charge in [0, 0.05) is 22.5 Å². The fourth-order valence-corrected chi connectivity index (χ4v) is 4.32. The third kappa shape index (κ3) is 6.15. The van der Waals surface area contributed by atoms with E-state index in [0.29, 0.717) is 23.5 Å². The molecule has 1 aliphatic rings. The van der Waals surface area contributed by atoms with Gasteiger partial charge in [0.25, 0.3) is 0 Å². The minimum absolute atomic E-state index is 0. The average Bonchev–Trinajstić information content (AvgIpc) is 3.29. The molecule has 138 valence electrons. The summed E-state index contributed by atoms with van der Waals surface area (Å²) in [7, 11) is 0. The van der Waals surface area contributed by atoms with E-state index in [1.165, 1.54) is 30.6 Å². The van der Waals surface area contributed by atoms with Crippen LogP contribution >= 0.6 is 35.3 Å². The Hall–Kier alpha value is -0.780. The standard InChI is InChI=1S/C19H24ClNO2S.ClH/c20-15-7-9-17(10-8-15)23-13-16(22)12-21-19(14-4-1-2-5-14)18-6-3-11-24-18;/h3,6-11,14,16,19,21-22H,1-2,4-5,12-13H2;1H. The molecule has 0 saturated heterocycles. The maximum absolute atomic E-state index is 10.2. The Balaban J connectivity index is 0.00000225. The van der Waals surface area contributed by atoms with E-state index >= 15 is 0 Å². The van der Waals surface area contributed by atoms with Crippen LogP contribution in [0.3, 0.4) is 0 Å². The van der Waals surface area contributed by atoms with Crippen LogP contribution in [0.5, 0.6) is 5.75 Å². The Morgan fingerprint density at radius 1 is 1.20 bits per heavy atom. The van der Waals surface area contributed by atoms with Crippen LogP contribution in [0.25, 0.3) is 0 Å². The summed E-state index contributed by atoms with van der Waals surface area (Å²) in [6.07, 6.45) is 4.64. The molecule has 1 saturated carbocycles. The number of halogens is 2. The maximum atomic E-state index is 10.2. The maximum Gasteiger partial charge on any atom is 0.119 e. The lowest BCUT2D eigenvalue weighted by Crippen LogP contribution is -2.36. The van der Waals surface area contributed by atoms with Gasteiger partial charge in [0.2, 0.25) is 0 Å². The second-order valence-electron chi connectivity index (χ2n) is 6.36. The van der Waals surface area contributed by atoms with Gasteiger partial charge in [-0.2, -0.15) is 0 Å². The highest BCUT2D eigenvalue weighted by molar-refractivity contribution is 7.10. The highest BCUT2D eigenvalue weighted by Gasteiger charge is 2.27. The second kappa shape index (κ2) is 10.4. The fraction of sp³-hybridized carbons (Fsp3) is 0.474. The summed E-state index contributed by atoms with van der Waals surface area (Å²) in [4.78, 5) is 1.37. The molecule has 25 heavy (non-hydrogen) atoms. The van der Waals surface area contributed by atoms with Gasteiger partial charge in [-0.1, -0.05) is 30.5 Å². The zero-order valence-electron chi connectivity index (χ0n) is 14.1. The molecule has 2 unspecified atom stereocenters. The van der Waals surface area contributed by atoms with Crippen LogP contribution in [-0.4, -0.2) is 24.4 Å². The molecule has 0 amide bonds. The first-order valence-corrected chi connectivity index (χ1v) is 9.81. The Kier molecular flexibility index (Phi) is 8.53. The molecule has 0 radical (unpaired) electrons. The van der Waals surface area contributed by atoms with Crippen molar-refractivity contribution in [2.24, 2.45) is 5.92 Å². The third-order valence-corrected chi connectivity index (χ3v) is 5.76. The van der Waals surface area contributed by atoms with Crippen LogP contribution in [0, 0.1) is 5.92 Å². The lowest BCUT2D eigenvalue weighted by atomic mass is 9.96. The van der Waals surface area contributed by atoms with Crippen molar-refractivity contribution < 1.29 is 9.84 Å². The fourth-order valence-electron chi connectivity index (χ4n) is 3.30. The van der Waals surface area contributed by atoms with Crippen LogP contribution in [-0.2, 0) is 0 Å². The van der Waals surface area contributed by atoms with Crippen molar-refractivity contribution >= 4 is 35.3 Å². The summed E-state index contributed by atoms with van der Waals surface area (Å²) >= 11 is 7.65. The van der Waals surface area contributed by atoms with Gasteiger partial charge < -0.3 is 15.2 Å². The Morgan fingerprint density at radius 3 is 2.56 bits per heavy atom. The highest BCUT2D eigenvalue weighted by Crippen LogP contribution is 2.37. The molecular weight excluding hydrogens is 377 g/mol. The predicted molar refractivity (Wildman–Crippen MR) is 107 cm³/mol. The van der Waals surface area contributed by atoms with Gasteiger partial charge in [-0.15, -0.1) is 23.7 Å². The van der Waals surface area contributed by atoms with Gasteiger partial charge in [-0.05, 0) is 54.5 Å². The molecule has 2 atom stereocenters. The van der Waals surface area contributed by atoms with Crippen molar-refractivity contribution in [1.82, 2.24) is 5.32 Å². The molecule has 3 rings (SSSR count). The van der Waals surface area contributed by atoms with Crippen LogP contribution in [0.4, 0.5) is 0 Å². The van der Waals surface area contributed by atoms with E-state index in [2.05, 4.69) is 22.8 Å². The molecule has 1 aliphatic carbocycles. The van der Waals surface area contributed by atoms with E-state index in [4.69, 9.17) is 16.3 Å². The van der Waals surface area contributed by atoms with E-state index in [0.717, 1.165) is 5.75 Å². The summed E-state index contributed by atoms with van der Waals surface area (Å²) in [5, 5.41) is 16.6. The Morgan fingerprint density at radius 2 is 1.92 bits per heavy atom. The molecule has 0 spiro atoms. The highest BCUT2D eigenvalue weighted by atomic mass is 35.5. The largest absolute Gasteiger partial charge is 0.491 e. The number of aliphatic hydroxyl groups is 1. The lowest BCUT2D eigenvalue weighted by molar-refractivity contribution is 0.101. The number of ether oxygens (including phenoxy) is 1. The number of hydrogen-bond donors (Lipinski definition) is 2. The number of nitrogens with one attached hydrogen (secondary N) is 1.